The molecular weight excluding hydrogens is 274 g/mol. The fourth-order valence-electron chi connectivity index (χ4n) is 3.12. The Balaban J connectivity index is 3.44. The highest BCUT2D eigenvalue weighted by Crippen LogP contribution is 2.48. The molecule has 0 radical (unpaired) electrons. The maximum atomic E-state index is 12.8. The Bertz CT molecular complexity index is 505. The van der Waals surface area contributed by atoms with Crippen LogP contribution in [0.2, 0.25) is 0 Å². The number of esters is 1. The van der Waals surface area contributed by atoms with Crippen LogP contribution in [0.3, 0.4) is 0 Å². The van der Waals surface area contributed by atoms with Crippen LogP contribution in [0.1, 0.15) is 54.0 Å². The first-order valence-electron chi connectivity index (χ1n) is 7.84. The van der Waals surface area contributed by atoms with Gasteiger partial charge < -0.3 is 4.74 Å². The van der Waals surface area contributed by atoms with E-state index in [1.165, 1.54) is 0 Å². The number of carbonyl (C=O) groups excluding carboxylic acids is 1. The van der Waals surface area contributed by atoms with Gasteiger partial charge >= 0.3 is 5.97 Å². The van der Waals surface area contributed by atoms with E-state index in [4.69, 9.17) is 9.73 Å². The second-order valence-corrected chi connectivity index (χ2v) is 7.60. The van der Waals surface area contributed by atoms with Crippen molar-refractivity contribution < 1.29 is 9.53 Å². The van der Waals surface area contributed by atoms with E-state index in [0.29, 0.717) is 6.61 Å². The van der Waals surface area contributed by atoms with E-state index in [-0.39, 0.29) is 16.8 Å². The van der Waals surface area contributed by atoms with Crippen molar-refractivity contribution in [3.63, 3.8) is 0 Å². The lowest BCUT2D eigenvalue weighted by Gasteiger charge is -2.48. The predicted octanol–water partition coefficient (Wildman–Crippen LogP) is 4.50. The molecule has 3 heteroatoms. The van der Waals surface area contributed by atoms with Crippen LogP contribution in [0, 0.1) is 10.8 Å². The molecule has 0 spiro atoms. The van der Waals surface area contributed by atoms with Crippen molar-refractivity contribution in [3.8, 4) is 0 Å². The van der Waals surface area contributed by atoms with Gasteiger partial charge in [0.1, 0.15) is 0 Å². The summed E-state index contributed by atoms with van der Waals surface area (Å²) in [6.45, 7) is 14.4. The predicted molar refractivity (Wildman–Crippen MR) is 92.3 cm³/mol. The third kappa shape index (κ3) is 3.57. The highest BCUT2D eigenvalue weighted by atomic mass is 16.5. The molecule has 1 aromatic rings. The van der Waals surface area contributed by atoms with Gasteiger partial charge in [-0.3, -0.25) is 4.99 Å². The zero-order valence-corrected chi connectivity index (χ0v) is 14.9. The Morgan fingerprint density at radius 2 is 1.55 bits per heavy atom. The van der Waals surface area contributed by atoms with Crippen LogP contribution in [-0.2, 0) is 9.53 Å². The molecule has 0 aliphatic rings. The van der Waals surface area contributed by atoms with Gasteiger partial charge in [-0.05, 0) is 23.3 Å². The minimum Gasteiger partial charge on any atom is -0.464 e. The van der Waals surface area contributed by atoms with Crippen molar-refractivity contribution in [3.05, 3.63) is 35.9 Å². The number of benzene rings is 1. The Morgan fingerprint density at radius 3 is 1.95 bits per heavy atom. The summed E-state index contributed by atoms with van der Waals surface area (Å²) in [4.78, 5) is 17.6. The maximum absolute atomic E-state index is 12.8. The molecule has 3 nitrogen and oxygen atoms in total. The van der Waals surface area contributed by atoms with E-state index in [1.54, 1.807) is 6.21 Å². The Labute approximate surface area is 134 Å². The normalized spacial score (nSPS) is 13.4. The molecule has 0 heterocycles. The molecule has 0 saturated heterocycles. The molecule has 0 amide bonds. The fraction of sp³-hybridized carbons (Fsp3) is 0.579. The quantitative estimate of drug-likeness (QED) is 0.607. The molecule has 1 aromatic carbocycles. The summed E-state index contributed by atoms with van der Waals surface area (Å²) in [5.41, 5.74) is -0.720. The van der Waals surface area contributed by atoms with Gasteiger partial charge in [0.15, 0.2) is 5.54 Å². The second kappa shape index (κ2) is 6.64. The molecule has 0 unspecified atom stereocenters. The average Bonchev–Trinajstić information content (AvgIpc) is 2.37. The minimum atomic E-state index is -0.953. The lowest BCUT2D eigenvalue weighted by Crippen LogP contribution is -2.58. The Kier molecular flexibility index (Phi) is 5.55. The van der Waals surface area contributed by atoms with Crippen molar-refractivity contribution in [2.75, 3.05) is 6.61 Å². The van der Waals surface area contributed by atoms with E-state index >= 15 is 0 Å². The van der Waals surface area contributed by atoms with E-state index in [0.717, 1.165) is 5.56 Å². The largest absolute Gasteiger partial charge is 0.464 e. The standard InChI is InChI=1S/C19H29NO2/c1-8-22-16(21)19(17(2,3)4,18(5,6)7)20-14-15-12-10-9-11-13-15/h9-14H,8H2,1-7H3. The first-order chi connectivity index (χ1) is 10.1. The summed E-state index contributed by atoms with van der Waals surface area (Å²) < 4.78 is 5.40. The first-order valence-corrected chi connectivity index (χ1v) is 7.84. The van der Waals surface area contributed by atoms with Gasteiger partial charge in [0.2, 0.25) is 0 Å². The van der Waals surface area contributed by atoms with Crippen LogP contribution in [0.25, 0.3) is 0 Å². The lowest BCUT2D eigenvalue weighted by atomic mass is 9.60. The van der Waals surface area contributed by atoms with Crippen LogP contribution >= 0.6 is 0 Å². The monoisotopic (exact) mass is 303 g/mol. The summed E-state index contributed by atoms with van der Waals surface area (Å²) in [7, 11) is 0. The molecule has 0 aliphatic heterocycles. The molecule has 0 N–H and O–H groups in total. The lowest BCUT2D eigenvalue weighted by molar-refractivity contribution is -0.160. The average molecular weight is 303 g/mol. The fourth-order valence-corrected chi connectivity index (χ4v) is 3.12. The van der Waals surface area contributed by atoms with Gasteiger partial charge in [0.05, 0.1) is 6.61 Å². The number of nitrogens with zero attached hydrogens (tertiary/aromatic N) is 1. The summed E-state index contributed by atoms with van der Waals surface area (Å²) in [5, 5.41) is 0. The van der Waals surface area contributed by atoms with Crippen LogP contribution in [-0.4, -0.2) is 24.3 Å². The second-order valence-electron chi connectivity index (χ2n) is 7.60. The van der Waals surface area contributed by atoms with Gasteiger partial charge in [-0.25, -0.2) is 4.79 Å². The molecule has 0 saturated carbocycles. The van der Waals surface area contributed by atoms with E-state index in [2.05, 4.69) is 0 Å². The number of rotatable bonds is 4. The summed E-state index contributed by atoms with van der Waals surface area (Å²) >= 11 is 0. The first kappa shape index (κ1) is 18.4. The third-order valence-corrected chi connectivity index (χ3v) is 3.95. The molecule has 22 heavy (non-hydrogen) atoms. The van der Waals surface area contributed by atoms with Crippen molar-refractivity contribution >= 4 is 12.2 Å². The van der Waals surface area contributed by atoms with Gasteiger partial charge in [-0.2, -0.15) is 0 Å². The highest BCUT2D eigenvalue weighted by molar-refractivity contribution is 5.88. The van der Waals surface area contributed by atoms with Gasteiger partial charge in [0.25, 0.3) is 0 Å². The van der Waals surface area contributed by atoms with Crippen molar-refractivity contribution in [2.24, 2.45) is 15.8 Å². The molecule has 122 valence electrons. The van der Waals surface area contributed by atoms with Crippen molar-refractivity contribution in [1.82, 2.24) is 0 Å². The molecule has 0 fully saturated rings. The number of ether oxygens (including phenoxy) is 1. The van der Waals surface area contributed by atoms with Gasteiger partial charge in [0, 0.05) is 6.21 Å². The van der Waals surface area contributed by atoms with E-state index < -0.39 is 5.54 Å². The topological polar surface area (TPSA) is 38.7 Å². The molecule has 0 aliphatic carbocycles. The maximum Gasteiger partial charge on any atom is 0.335 e. The van der Waals surface area contributed by atoms with Crippen LogP contribution in [0.4, 0.5) is 0 Å². The molecule has 0 atom stereocenters. The number of aliphatic imine (C=N–C) groups is 1. The molecule has 0 aromatic heterocycles. The molecule has 0 bridgehead atoms. The number of carbonyl (C=O) groups is 1. The SMILES string of the molecule is CCOC(=O)C(N=Cc1ccccc1)(C(C)(C)C)C(C)(C)C. The minimum absolute atomic E-state index is 0.262. The van der Waals surface area contributed by atoms with Crippen LogP contribution in [0.15, 0.2) is 35.3 Å². The van der Waals surface area contributed by atoms with Crippen molar-refractivity contribution in [2.45, 2.75) is 54.0 Å². The zero-order valence-electron chi connectivity index (χ0n) is 14.9. The summed E-state index contributed by atoms with van der Waals surface area (Å²) in [6.07, 6.45) is 1.79. The van der Waals surface area contributed by atoms with Crippen LogP contribution in [0.5, 0.6) is 0 Å². The van der Waals surface area contributed by atoms with Gasteiger partial charge in [-0.15, -0.1) is 0 Å². The zero-order chi connectivity index (χ0) is 17.0. The molecule has 1 rings (SSSR count). The summed E-state index contributed by atoms with van der Waals surface area (Å²) in [6, 6.07) is 9.84. The summed E-state index contributed by atoms with van der Waals surface area (Å²) in [5.74, 6) is -0.262. The number of hydrogen-bond donors (Lipinski definition) is 0. The highest BCUT2D eigenvalue weighted by Gasteiger charge is 2.57. The Morgan fingerprint density at radius 1 is 1.05 bits per heavy atom. The smallest absolute Gasteiger partial charge is 0.335 e. The third-order valence-electron chi connectivity index (χ3n) is 3.95. The Hall–Kier alpha value is -1.64. The van der Waals surface area contributed by atoms with E-state index in [9.17, 15) is 4.79 Å². The van der Waals surface area contributed by atoms with Gasteiger partial charge in [-0.1, -0.05) is 71.9 Å². The number of hydrogen-bond acceptors (Lipinski definition) is 3. The van der Waals surface area contributed by atoms with Crippen molar-refractivity contribution in [1.29, 1.82) is 0 Å². The van der Waals surface area contributed by atoms with Crippen LogP contribution < -0.4 is 0 Å². The molecular formula is C19H29NO2. The van der Waals surface area contributed by atoms with E-state index in [1.807, 2.05) is 78.8 Å².